The van der Waals surface area contributed by atoms with Crippen molar-refractivity contribution in [1.29, 1.82) is 0 Å². The highest BCUT2D eigenvalue weighted by Crippen LogP contribution is 2.05. The molecule has 108 valence electrons. The molecule has 1 atom stereocenters. The molecule has 2 N–H and O–H groups in total. The molecular weight excluding hydrogens is 242 g/mol. The van der Waals surface area contributed by atoms with Crippen molar-refractivity contribution in [3.63, 3.8) is 0 Å². The van der Waals surface area contributed by atoms with Crippen molar-refractivity contribution in [1.82, 2.24) is 15.5 Å². The molecule has 1 aliphatic rings. The second kappa shape index (κ2) is 7.94. The topological polar surface area (TPSA) is 61.4 Å². The first-order valence-corrected chi connectivity index (χ1v) is 6.96. The van der Waals surface area contributed by atoms with Crippen LogP contribution in [0.4, 0.5) is 0 Å². The van der Waals surface area contributed by atoms with E-state index in [2.05, 4.69) is 17.2 Å². The zero-order valence-electron chi connectivity index (χ0n) is 12.0. The fourth-order valence-electron chi connectivity index (χ4n) is 2.18. The van der Waals surface area contributed by atoms with E-state index in [1.807, 2.05) is 18.7 Å². The normalized spacial score (nSPS) is 19.7. The molecule has 0 aromatic rings. The van der Waals surface area contributed by atoms with E-state index in [9.17, 15) is 9.59 Å². The van der Waals surface area contributed by atoms with Gasteiger partial charge in [0.15, 0.2) is 0 Å². The van der Waals surface area contributed by atoms with Gasteiger partial charge in [-0.2, -0.15) is 0 Å². The average Bonchev–Trinajstić information content (AvgIpc) is 2.53. The predicted octanol–water partition coefficient (Wildman–Crippen LogP) is 0.669. The highest BCUT2D eigenvalue weighted by atomic mass is 16.2. The maximum atomic E-state index is 12.0. The van der Waals surface area contributed by atoms with Gasteiger partial charge in [-0.1, -0.05) is 19.1 Å². The van der Waals surface area contributed by atoms with Gasteiger partial charge in [-0.3, -0.25) is 14.5 Å². The van der Waals surface area contributed by atoms with Gasteiger partial charge in [0, 0.05) is 13.1 Å². The number of rotatable bonds is 6. The second-order valence-electron chi connectivity index (χ2n) is 5.17. The number of nitrogens with one attached hydrogen (secondary N) is 2. The third-order valence-corrected chi connectivity index (χ3v) is 3.18. The average molecular weight is 267 g/mol. The van der Waals surface area contributed by atoms with Gasteiger partial charge < -0.3 is 10.6 Å². The largest absolute Gasteiger partial charge is 0.354 e. The quantitative estimate of drug-likeness (QED) is 0.695. The summed E-state index contributed by atoms with van der Waals surface area (Å²) >= 11 is 0. The first-order chi connectivity index (χ1) is 9.02. The molecule has 0 aromatic heterocycles. The Labute approximate surface area is 115 Å². The lowest BCUT2D eigenvalue weighted by molar-refractivity contribution is -0.129. The van der Waals surface area contributed by atoms with Gasteiger partial charge in [0.25, 0.3) is 0 Å². The molecule has 5 heteroatoms. The number of carbonyl (C=O) groups excluding carboxylic acids is 2. The molecule has 2 amide bonds. The molecular formula is C14H25N3O2. The third kappa shape index (κ3) is 5.87. The number of hydrogen-bond donors (Lipinski definition) is 2. The van der Waals surface area contributed by atoms with Crippen molar-refractivity contribution in [3.05, 3.63) is 12.2 Å². The van der Waals surface area contributed by atoms with E-state index in [-0.39, 0.29) is 17.9 Å². The second-order valence-corrected chi connectivity index (χ2v) is 5.17. The fraction of sp³-hybridized carbons (Fsp3) is 0.714. The molecule has 5 nitrogen and oxygen atoms in total. The van der Waals surface area contributed by atoms with E-state index >= 15 is 0 Å². The minimum absolute atomic E-state index is 0.0613. The molecule has 1 saturated heterocycles. The Bertz CT molecular complexity index is 342. The van der Waals surface area contributed by atoms with Crippen LogP contribution in [0.2, 0.25) is 0 Å². The van der Waals surface area contributed by atoms with Crippen LogP contribution in [0, 0.1) is 0 Å². The number of hydrogen-bond acceptors (Lipinski definition) is 3. The molecule has 0 radical (unpaired) electrons. The van der Waals surface area contributed by atoms with Crippen LogP contribution in [0.3, 0.4) is 0 Å². The fourth-order valence-corrected chi connectivity index (χ4v) is 2.18. The highest BCUT2D eigenvalue weighted by Gasteiger charge is 2.22. The van der Waals surface area contributed by atoms with Crippen LogP contribution in [0.15, 0.2) is 12.2 Å². The predicted molar refractivity (Wildman–Crippen MR) is 75.7 cm³/mol. The van der Waals surface area contributed by atoms with Gasteiger partial charge in [0.05, 0.1) is 6.54 Å². The lowest BCUT2D eigenvalue weighted by atomic mass is 10.1. The zero-order valence-corrected chi connectivity index (χ0v) is 12.0. The molecule has 1 heterocycles. The third-order valence-electron chi connectivity index (χ3n) is 3.18. The Morgan fingerprint density at radius 1 is 1.47 bits per heavy atom. The van der Waals surface area contributed by atoms with Gasteiger partial charge >= 0.3 is 0 Å². The van der Waals surface area contributed by atoms with Gasteiger partial charge in [0.1, 0.15) is 6.04 Å². The van der Waals surface area contributed by atoms with Crippen molar-refractivity contribution >= 4 is 11.8 Å². The minimum Gasteiger partial charge on any atom is -0.354 e. The van der Waals surface area contributed by atoms with Crippen molar-refractivity contribution in [2.45, 2.75) is 39.2 Å². The molecule has 1 fully saturated rings. The summed E-state index contributed by atoms with van der Waals surface area (Å²) in [6.07, 6.45) is 2.67. The zero-order chi connectivity index (χ0) is 14.3. The van der Waals surface area contributed by atoms with E-state index in [1.165, 1.54) is 0 Å². The molecule has 1 rings (SSSR count). The summed E-state index contributed by atoms with van der Waals surface area (Å²) < 4.78 is 0. The molecule has 0 bridgehead atoms. The van der Waals surface area contributed by atoms with Crippen molar-refractivity contribution in [2.75, 3.05) is 26.2 Å². The molecule has 19 heavy (non-hydrogen) atoms. The molecule has 0 saturated carbocycles. The number of amides is 2. The molecule has 0 aliphatic carbocycles. The summed E-state index contributed by atoms with van der Waals surface area (Å²) in [7, 11) is 0. The van der Waals surface area contributed by atoms with Crippen molar-refractivity contribution < 1.29 is 9.59 Å². The Kier molecular flexibility index (Phi) is 6.56. The van der Waals surface area contributed by atoms with E-state index in [0.717, 1.165) is 31.4 Å². The number of nitrogens with zero attached hydrogens (tertiary/aromatic N) is 1. The Morgan fingerprint density at radius 3 is 2.84 bits per heavy atom. The molecule has 0 spiro atoms. The van der Waals surface area contributed by atoms with Crippen LogP contribution in [0.5, 0.6) is 0 Å². The summed E-state index contributed by atoms with van der Waals surface area (Å²) in [5.41, 5.74) is 1.03. The van der Waals surface area contributed by atoms with Crippen molar-refractivity contribution in [3.8, 4) is 0 Å². The molecule has 1 aliphatic heterocycles. The summed E-state index contributed by atoms with van der Waals surface area (Å²) in [6.45, 7) is 10.3. The molecule has 1 unspecified atom stereocenters. The van der Waals surface area contributed by atoms with E-state index in [1.54, 1.807) is 0 Å². The minimum atomic E-state index is -0.376. The summed E-state index contributed by atoms with van der Waals surface area (Å²) in [4.78, 5) is 25.7. The van der Waals surface area contributed by atoms with Gasteiger partial charge in [-0.05, 0) is 32.7 Å². The van der Waals surface area contributed by atoms with Crippen LogP contribution in [0.1, 0.15) is 33.1 Å². The maximum absolute atomic E-state index is 12.0. The SMILES string of the molecule is C=C(C)CN(CC)CC(=O)NC1CCCCNC1=O. The monoisotopic (exact) mass is 267 g/mol. The highest BCUT2D eigenvalue weighted by molar-refractivity contribution is 5.88. The smallest absolute Gasteiger partial charge is 0.242 e. The first kappa shape index (κ1) is 15.7. The standard InChI is InChI=1S/C14H25N3O2/c1-4-17(9-11(2)3)10-13(18)16-12-7-5-6-8-15-14(12)19/h12H,2,4-10H2,1,3H3,(H,15,19)(H,16,18). The molecule has 0 aromatic carbocycles. The van der Waals surface area contributed by atoms with Crippen LogP contribution in [0.25, 0.3) is 0 Å². The van der Waals surface area contributed by atoms with E-state index in [4.69, 9.17) is 0 Å². The van der Waals surface area contributed by atoms with Crippen LogP contribution >= 0.6 is 0 Å². The number of carbonyl (C=O) groups is 2. The lowest BCUT2D eigenvalue weighted by Gasteiger charge is -2.22. The van der Waals surface area contributed by atoms with Crippen molar-refractivity contribution in [2.24, 2.45) is 0 Å². The van der Waals surface area contributed by atoms with Gasteiger partial charge in [-0.25, -0.2) is 0 Å². The van der Waals surface area contributed by atoms with E-state index in [0.29, 0.717) is 19.6 Å². The number of likely N-dealkylation sites (N-methyl/N-ethyl adjacent to an activating group) is 1. The summed E-state index contributed by atoms with van der Waals surface area (Å²) in [5.74, 6) is -0.154. The van der Waals surface area contributed by atoms with Gasteiger partial charge in [0.2, 0.25) is 11.8 Å². The maximum Gasteiger partial charge on any atom is 0.242 e. The van der Waals surface area contributed by atoms with E-state index < -0.39 is 0 Å². The van der Waals surface area contributed by atoms with Gasteiger partial charge in [-0.15, -0.1) is 0 Å². The van der Waals surface area contributed by atoms with Crippen LogP contribution < -0.4 is 10.6 Å². The van der Waals surface area contributed by atoms with Crippen LogP contribution in [-0.4, -0.2) is 48.9 Å². The Balaban J connectivity index is 2.44. The summed E-state index contributed by atoms with van der Waals surface area (Å²) in [5, 5.41) is 5.64. The summed E-state index contributed by atoms with van der Waals surface area (Å²) in [6, 6.07) is -0.376. The lowest BCUT2D eigenvalue weighted by Crippen LogP contribution is -2.48. The Hall–Kier alpha value is -1.36. The van der Waals surface area contributed by atoms with Crippen LogP contribution in [-0.2, 0) is 9.59 Å². The Morgan fingerprint density at radius 2 is 2.21 bits per heavy atom. The first-order valence-electron chi connectivity index (χ1n) is 6.96.